The lowest BCUT2D eigenvalue weighted by atomic mass is 9.99. The van der Waals surface area contributed by atoms with E-state index in [-0.39, 0.29) is 17.6 Å². The lowest BCUT2D eigenvalue weighted by Gasteiger charge is -2.44. The number of morpholine rings is 1. The highest BCUT2D eigenvalue weighted by atomic mass is 79.9. The molecule has 1 aliphatic rings. The monoisotopic (exact) mass is 311 g/mol. The fourth-order valence-electron chi connectivity index (χ4n) is 2.12. The number of halogens is 1. The first-order valence-electron chi connectivity index (χ1n) is 6.09. The molecule has 0 aromatic heterocycles. The molecule has 1 unspecified atom stereocenters. The Hall–Kier alpha value is -0.870. The van der Waals surface area contributed by atoms with E-state index < -0.39 is 0 Å². The van der Waals surface area contributed by atoms with Crippen LogP contribution >= 0.6 is 15.9 Å². The van der Waals surface area contributed by atoms with Crippen LogP contribution in [-0.2, 0) is 4.74 Å². The van der Waals surface area contributed by atoms with Crippen LogP contribution in [0.15, 0.2) is 28.7 Å². The van der Waals surface area contributed by atoms with Gasteiger partial charge in [-0.2, -0.15) is 0 Å². The second kappa shape index (κ2) is 5.02. The summed E-state index contributed by atoms with van der Waals surface area (Å²) in [5.41, 5.74) is 0.456. The van der Waals surface area contributed by atoms with Crippen LogP contribution in [0.4, 0.5) is 0 Å². The predicted molar refractivity (Wildman–Crippen MR) is 74.7 cm³/mol. The molecule has 0 aliphatic carbocycles. The quantitative estimate of drug-likeness (QED) is 0.797. The lowest BCUT2D eigenvalue weighted by molar-refractivity contribution is -0.0755. The molecule has 4 heteroatoms. The van der Waals surface area contributed by atoms with Crippen molar-refractivity contribution >= 4 is 21.8 Å². The minimum atomic E-state index is -0.258. The summed E-state index contributed by atoms with van der Waals surface area (Å²) in [7, 11) is 0. The van der Waals surface area contributed by atoms with E-state index in [9.17, 15) is 4.79 Å². The number of carbonyl (C=O) groups is 1. The van der Waals surface area contributed by atoms with Crippen molar-refractivity contribution < 1.29 is 9.53 Å². The number of hydrogen-bond donors (Lipinski definition) is 0. The van der Waals surface area contributed by atoms with E-state index in [0.29, 0.717) is 18.7 Å². The molecule has 1 aromatic rings. The van der Waals surface area contributed by atoms with Gasteiger partial charge in [0.15, 0.2) is 0 Å². The van der Waals surface area contributed by atoms with Crippen LogP contribution in [0.1, 0.15) is 31.1 Å². The van der Waals surface area contributed by atoms with E-state index in [2.05, 4.69) is 15.9 Å². The highest BCUT2D eigenvalue weighted by Gasteiger charge is 2.37. The molecule has 1 fully saturated rings. The SMILES string of the molecule is CC1CN(C(=O)c2cccc(Br)c2)C(C)(C)CO1. The van der Waals surface area contributed by atoms with Crippen molar-refractivity contribution in [3.05, 3.63) is 34.3 Å². The molecular formula is C14H18BrNO2. The van der Waals surface area contributed by atoms with Gasteiger partial charge in [0.2, 0.25) is 0 Å². The minimum absolute atomic E-state index is 0.0662. The Morgan fingerprint density at radius 3 is 2.89 bits per heavy atom. The summed E-state index contributed by atoms with van der Waals surface area (Å²) in [6.45, 7) is 7.28. The smallest absolute Gasteiger partial charge is 0.254 e. The third kappa shape index (κ3) is 2.75. The third-order valence-corrected chi connectivity index (χ3v) is 3.70. The summed E-state index contributed by atoms with van der Waals surface area (Å²) < 4.78 is 6.55. The van der Waals surface area contributed by atoms with Crippen molar-refractivity contribution in [3.63, 3.8) is 0 Å². The summed E-state index contributed by atoms with van der Waals surface area (Å²) in [5.74, 6) is 0.0662. The van der Waals surface area contributed by atoms with E-state index in [4.69, 9.17) is 4.74 Å². The highest BCUT2D eigenvalue weighted by molar-refractivity contribution is 9.10. The first-order valence-corrected chi connectivity index (χ1v) is 6.88. The molecule has 1 saturated heterocycles. The van der Waals surface area contributed by atoms with Crippen LogP contribution in [0.5, 0.6) is 0 Å². The molecule has 1 aromatic carbocycles. The van der Waals surface area contributed by atoms with Gasteiger partial charge >= 0.3 is 0 Å². The van der Waals surface area contributed by atoms with Crippen molar-refractivity contribution in [2.75, 3.05) is 13.2 Å². The van der Waals surface area contributed by atoms with E-state index in [1.807, 2.05) is 49.9 Å². The molecule has 0 N–H and O–H groups in total. The van der Waals surface area contributed by atoms with Crippen molar-refractivity contribution in [2.24, 2.45) is 0 Å². The molecule has 1 amide bonds. The third-order valence-electron chi connectivity index (χ3n) is 3.21. The van der Waals surface area contributed by atoms with Crippen molar-refractivity contribution in [1.82, 2.24) is 4.90 Å². The first-order chi connectivity index (χ1) is 8.40. The molecule has 0 spiro atoms. The Balaban J connectivity index is 2.26. The Morgan fingerprint density at radius 1 is 1.50 bits per heavy atom. The maximum atomic E-state index is 12.6. The summed E-state index contributed by atoms with van der Waals surface area (Å²) in [5, 5.41) is 0. The summed E-state index contributed by atoms with van der Waals surface area (Å²) in [6.07, 6.45) is 0.0918. The molecule has 0 bridgehead atoms. The van der Waals surface area contributed by atoms with Crippen molar-refractivity contribution in [2.45, 2.75) is 32.4 Å². The van der Waals surface area contributed by atoms with Gasteiger partial charge in [0, 0.05) is 16.6 Å². The number of amides is 1. The zero-order valence-corrected chi connectivity index (χ0v) is 12.5. The van der Waals surface area contributed by atoms with E-state index in [0.717, 1.165) is 4.47 Å². The van der Waals surface area contributed by atoms with Gasteiger partial charge in [-0.3, -0.25) is 4.79 Å². The molecule has 1 aliphatic heterocycles. The zero-order chi connectivity index (χ0) is 13.3. The van der Waals surface area contributed by atoms with Crippen LogP contribution in [0.2, 0.25) is 0 Å². The molecule has 2 rings (SSSR count). The molecule has 0 saturated carbocycles. The van der Waals surface area contributed by atoms with Crippen LogP contribution in [0, 0.1) is 0 Å². The van der Waals surface area contributed by atoms with Crippen molar-refractivity contribution in [1.29, 1.82) is 0 Å². The molecule has 1 heterocycles. The van der Waals surface area contributed by atoms with Crippen LogP contribution in [-0.4, -0.2) is 35.6 Å². The van der Waals surface area contributed by atoms with Crippen LogP contribution in [0.25, 0.3) is 0 Å². The van der Waals surface area contributed by atoms with E-state index >= 15 is 0 Å². The topological polar surface area (TPSA) is 29.5 Å². The molecule has 98 valence electrons. The standard InChI is InChI=1S/C14H18BrNO2/c1-10-8-16(14(2,3)9-18-10)13(17)11-5-4-6-12(15)7-11/h4-7,10H,8-9H2,1-3H3. The average Bonchev–Trinajstić information content (AvgIpc) is 2.31. The Bertz CT molecular complexity index is 459. The van der Waals surface area contributed by atoms with Gasteiger partial charge in [-0.25, -0.2) is 0 Å². The number of carbonyl (C=O) groups excluding carboxylic acids is 1. The largest absolute Gasteiger partial charge is 0.374 e. The van der Waals surface area contributed by atoms with Gasteiger partial charge in [0.05, 0.1) is 18.2 Å². The number of hydrogen-bond acceptors (Lipinski definition) is 2. The fourth-order valence-corrected chi connectivity index (χ4v) is 2.52. The lowest BCUT2D eigenvalue weighted by Crippen LogP contribution is -2.57. The van der Waals surface area contributed by atoms with Crippen molar-refractivity contribution in [3.8, 4) is 0 Å². The Morgan fingerprint density at radius 2 is 2.22 bits per heavy atom. The number of benzene rings is 1. The molecule has 3 nitrogen and oxygen atoms in total. The number of ether oxygens (including phenoxy) is 1. The van der Waals surface area contributed by atoms with Gasteiger partial charge in [-0.1, -0.05) is 22.0 Å². The van der Waals surface area contributed by atoms with E-state index in [1.54, 1.807) is 0 Å². The minimum Gasteiger partial charge on any atom is -0.374 e. The second-order valence-corrected chi connectivity index (χ2v) is 6.28. The predicted octanol–water partition coefficient (Wildman–Crippen LogP) is 3.09. The highest BCUT2D eigenvalue weighted by Crippen LogP contribution is 2.25. The fraction of sp³-hybridized carbons (Fsp3) is 0.500. The summed E-state index contributed by atoms with van der Waals surface area (Å²) in [6, 6.07) is 7.51. The van der Waals surface area contributed by atoms with Crippen LogP contribution < -0.4 is 0 Å². The Labute approximate surface area is 116 Å². The maximum absolute atomic E-state index is 12.6. The Kier molecular flexibility index (Phi) is 3.78. The van der Waals surface area contributed by atoms with E-state index in [1.165, 1.54) is 0 Å². The number of nitrogens with zero attached hydrogens (tertiary/aromatic N) is 1. The molecule has 0 radical (unpaired) electrons. The van der Waals surface area contributed by atoms with Gasteiger partial charge in [-0.05, 0) is 39.0 Å². The normalized spacial score (nSPS) is 22.9. The second-order valence-electron chi connectivity index (χ2n) is 5.36. The van der Waals surface area contributed by atoms with Gasteiger partial charge < -0.3 is 9.64 Å². The average molecular weight is 312 g/mol. The maximum Gasteiger partial charge on any atom is 0.254 e. The summed E-state index contributed by atoms with van der Waals surface area (Å²) in [4.78, 5) is 14.5. The zero-order valence-electron chi connectivity index (χ0n) is 10.9. The van der Waals surface area contributed by atoms with Crippen LogP contribution in [0.3, 0.4) is 0 Å². The summed E-state index contributed by atoms with van der Waals surface area (Å²) >= 11 is 3.40. The van der Waals surface area contributed by atoms with Gasteiger partial charge in [0.25, 0.3) is 5.91 Å². The number of rotatable bonds is 1. The molecule has 1 atom stereocenters. The first kappa shape index (κ1) is 13.6. The van der Waals surface area contributed by atoms with Gasteiger partial charge in [-0.15, -0.1) is 0 Å². The molecular weight excluding hydrogens is 294 g/mol. The van der Waals surface area contributed by atoms with Gasteiger partial charge in [0.1, 0.15) is 0 Å². The molecule has 18 heavy (non-hydrogen) atoms.